The molecule has 23 heteroatoms. The Morgan fingerprint density at radius 2 is 0.438 bits per heavy atom. The molecule has 2 aromatic rings. The second kappa shape index (κ2) is 52.5. The van der Waals surface area contributed by atoms with Gasteiger partial charge in [0.25, 0.3) is 0 Å². The maximum atomic E-state index is 12.6. The van der Waals surface area contributed by atoms with Gasteiger partial charge in [0, 0.05) is 75.8 Å². The van der Waals surface area contributed by atoms with Gasteiger partial charge in [-0.2, -0.15) is 0 Å². The van der Waals surface area contributed by atoms with E-state index >= 15 is 0 Å². The Bertz CT molecular complexity index is 3580. The summed E-state index contributed by atoms with van der Waals surface area (Å²) in [7, 11) is 0. The Morgan fingerprint density at radius 3 is 0.609 bits per heavy atom. The van der Waals surface area contributed by atoms with Gasteiger partial charge < -0.3 is 47.4 Å². The van der Waals surface area contributed by atoms with E-state index in [4.69, 9.17) is 0 Å². The average Bonchev–Trinajstić information content (AvgIpc) is 0.774. The lowest BCUT2D eigenvalue weighted by Gasteiger charge is -2.29. The van der Waals surface area contributed by atoms with Gasteiger partial charge in [-0.15, -0.1) is 0 Å². The predicted octanol–water partition coefficient (Wildman–Crippen LogP) is 18.7. The fourth-order valence-corrected chi connectivity index (χ4v) is 10.5. The zero-order chi connectivity index (χ0) is 103. The summed E-state index contributed by atoms with van der Waals surface area (Å²) in [6, 6.07) is 16.2. The number of benzene rings is 2. The highest BCUT2D eigenvalue weighted by Gasteiger charge is 2.42. The van der Waals surface area contributed by atoms with Gasteiger partial charge in [0.05, 0.1) is 42.9 Å². The van der Waals surface area contributed by atoms with Crippen LogP contribution < -0.4 is 37.2 Å². The minimum absolute atomic E-state index is 0.0510. The number of carbonyl (C=O) groups excluding carboxylic acids is 14. The Labute approximate surface area is 777 Å². The topological polar surface area (TPSA) is 364 Å². The minimum Gasteiger partial charge on any atom is -0.391 e. The summed E-state index contributed by atoms with van der Waals surface area (Å²) in [5.41, 5.74) is -4.82. The van der Waals surface area contributed by atoms with Crippen molar-refractivity contribution >= 4 is 81.8 Å². The van der Waals surface area contributed by atoms with E-state index < -0.39 is 107 Å². The molecule has 0 aliphatic heterocycles. The highest BCUT2D eigenvalue weighted by Crippen LogP contribution is 2.30. The molecular weight excluding hydrogens is 1620 g/mol. The van der Waals surface area contributed by atoms with Gasteiger partial charge in [-0.3, -0.25) is 67.1 Å². The summed E-state index contributed by atoms with van der Waals surface area (Å²) in [5, 5.41) is 38.9. The Morgan fingerprint density at radius 1 is 0.250 bits per heavy atom. The number of nitrogens with one attached hydrogen (secondary N) is 7. The van der Waals surface area contributed by atoms with Crippen molar-refractivity contribution in [2.75, 3.05) is 6.54 Å². The molecule has 2 aromatic carbocycles. The summed E-state index contributed by atoms with van der Waals surface area (Å²) < 4.78 is 0. The highest BCUT2D eigenvalue weighted by molar-refractivity contribution is 5.98. The molecule has 0 spiro atoms. The van der Waals surface area contributed by atoms with Gasteiger partial charge in [0.1, 0.15) is 12.1 Å². The molecule has 0 radical (unpaired) electrons. The fourth-order valence-electron chi connectivity index (χ4n) is 10.5. The molecule has 0 aliphatic carbocycles. The first kappa shape index (κ1) is 129. The third kappa shape index (κ3) is 54.2. The third-order valence-corrected chi connectivity index (χ3v) is 20.3. The van der Waals surface area contributed by atoms with Crippen molar-refractivity contribution in [3.8, 4) is 0 Å². The second-order valence-electron chi connectivity index (χ2n) is 49.2. The van der Waals surface area contributed by atoms with Crippen molar-refractivity contribution < 1.29 is 77.3 Å². The molecule has 23 nitrogen and oxygen atoms in total. The van der Waals surface area contributed by atoms with Gasteiger partial charge in [-0.25, -0.2) is 0 Å². The molecule has 2 rings (SSSR count). The molecular formula is C105H187N7O16. The average molecular weight is 1800 g/mol. The minimum atomic E-state index is -0.895. The molecule has 9 N–H and O–H groups in total. The van der Waals surface area contributed by atoms with E-state index in [0.717, 1.165) is 24.0 Å². The molecule has 0 saturated carbocycles. The molecule has 0 bridgehead atoms. The Hall–Kier alpha value is -7.66. The molecule has 0 heterocycles. The number of amides is 7. The lowest BCUT2D eigenvalue weighted by molar-refractivity contribution is -0.138. The second-order valence-corrected chi connectivity index (χ2v) is 49.2. The van der Waals surface area contributed by atoms with Crippen molar-refractivity contribution in [2.45, 2.75) is 419 Å². The number of aliphatic hydroxyl groups is 2. The summed E-state index contributed by atoms with van der Waals surface area (Å²) >= 11 is 0. The van der Waals surface area contributed by atoms with E-state index in [0.29, 0.717) is 37.5 Å². The zero-order valence-corrected chi connectivity index (χ0v) is 89.6. The van der Waals surface area contributed by atoms with E-state index in [1.807, 2.05) is 268 Å². The number of hydrogen-bond acceptors (Lipinski definition) is 16. The quantitative estimate of drug-likeness (QED) is 0.0422. The van der Waals surface area contributed by atoms with Crippen LogP contribution in [0.4, 0.5) is 0 Å². The van der Waals surface area contributed by atoms with Crippen LogP contribution in [-0.4, -0.2) is 147 Å². The normalized spacial score (nSPS) is 14.8. The lowest BCUT2D eigenvalue weighted by Crippen LogP contribution is -2.53. The number of aliphatic hydroxyl groups excluding tert-OH is 2. The molecule has 0 fully saturated rings. The van der Waals surface area contributed by atoms with E-state index in [9.17, 15) is 77.3 Å². The van der Waals surface area contributed by atoms with Crippen LogP contribution in [0.5, 0.6) is 0 Å². The van der Waals surface area contributed by atoms with E-state index in [2.05, 4.69) is 64.9 Å². The SMILES string of the molecule is CC(C)(C)C(=O)CNC(=O)C(C)(C)C.CC(C)(C)C(=O)N[C@@H](Cc1ccccc1)C(=O)C(C)(C)C.CC(C)(C)C(=O)N[C@H](Cc1ccccc1)C(=O)C(C)(C)C.CC(O)[C@@H](NC(=O)C(C)(C)C)C(=O)C(C)(C)C.CC(O)[C@H](NC(=O)C(C)(C)C)C(=O)C(C)(C)C.CCC(C)C[C@@H](NC(=O)C(C)(C)C)C(=O)C(C)(C)C.CCC(C)C[C@H](NC(=O)C(C)(C)C)C(=O)C(C)(C)C. The van der Waals surface area contributed by atoms with Crippen LogP contribution in [-0.2, 0) is 80.0 Å². The summed E-state index contributed by atoms with van der Waals surface area (Å²) in [5.74, 6) is 0.0677. The summed E-state index contributed by atoms with van der Waals surface area (Å²) in [6.45, 7) is 88.9. The third-order valence-electron chi connectivity index (χ3n) is 20.3. The van der Waals surface area contributed by atoms with Crippen LogP contribution >= 0.6 is 0 Å². The van der Waals surface area contributed by atoms with Crippen LogP contribution in [0.2, 0.25) is 0 Å². The molecule has 0 saturated heterocycles. The molecule has 128 heavy (non-hydrogen) atoms. The van der Waals surface area contributed by atoms with Crippen molar-refractivity contribution in [1.82, 2.24) is 37.2 Å². The van der Waals surface area contributed by atoms with Crippen molar-refractivity contribution in [3.05, 3.63) is 71.8 Å². The van der Waals surface area contributed by atoms with Crippen LogP contribution in [0.3, 0.4) is 0 Å². The van der Waals surface area contributed by atoms with Gasteiger partial charge in [0.2, 0.25) is 41.4 Å². The number of ketones is 7. The van der Waals surface area contributed by atoms with Crippen LogP contribution in [0.1, 0.15) is 369 Å². The smallest absolute Gasteiger partial charge is 0.226 e. The van der Waals surface area contributed by atoms with Crippen molar-refractivity contribution in [3.63, 3.8) is 0 Å². The molecule has 7 amide bonds. The zero-order valence-electron chi connectivity index (χ0n) is 89.6. The first-order valence-electron chi connectivity index (χ1n) is 46.0. The molecule has 0 aliphatic rings. The van der Waals surface area contributed by atoms with E-state index in [1.54, 1.807) is 83.1 Å². The summed E-state index contributed by atoms with van der Waals surface area (Å²) in [6.07, 6.45) is 2.72. The van der Waals surface area contributed by atoms with Crippen LogP contribution in [0.25, 0.3) is 0 Å². The number of Topliss-reactive ketones (excluding diaryl/α,β-unsaturated/α-hetero) is 7. The maximum Gasteiger partial charge on any atom is 0.226 e. The van der Waals surface area contributed by atoms with Crippen molar-refractivity contribution in [1.29, 1.82) is 0 Å². The van der Waals surface area contributed by atoms with E-state index in [-0.39, 0.29) is 106 Å². The largest absolute Gasteiger partial charge is 0.391 e. The van der Waals surface area contributed by atoms with Crippen LogP contribution in [0, 0.1) is 87.6 Å². The first-order valence-corrected chi connectivity index (χ1v) is 46.0. The fraction of sp³-hybridized carbons (Fsp3) is 0.752. The maximum absolute atomic E-state index is 12.6. The number of rotatable bonds is 26. The first-order chi connectivity index (χ1) is 56.6. The van der Waals surface area contributed by atoms with Crippen molar-refractivity contribution in [2.24, 2.45) is 87.6 Å². The molecule has 738 valence electrons. The monoisotopic (exact) mass is 1800 g/mol. The van der Waals surface area contributed by atoms with E-state index in [1.165, 1.54) is 13.8 Å². The van der Waals surface area contributed by atoms with Gasteiger partial charge in [-0.1, -0.05) is 392 Å². The summed E-state index contributed by atoms with van der Waals surface area (Å²) in [4.78, 5) is 170. The Balaban J connectivity index is -0.000000461. The van der Waals surface area contributed by atoms with Gasteiger partial charge in [0.15, 0.2) is 40.5 Å². The van der Waals surface area contributed by atoms with Crippen LogP contribution in [0.15, 0.2) is 60.7 Å². The Kier molecular flexibility index (Phi) is 52.9. The predicted molar refractivity (Wildman–Crippen MR) is 524 cm³/mol. The lowest BCUT2D eigenvalue weighted by atomic mass is 9.82. The number of carbonyl (C=O) groups is 14. The molecule has 10 atom stereocenters. The number of hydrogen-bond donors (Lipinski definition) is 9. The molecule has 4 unspecified atom stereocenters. The molecule has 0 aromatic heterocycles. The standard InChI is InChI=1S/2C18H27NO2.2C16H31NO2.2C13H25NO3.C11H21NO2/c2*1-17(2,3)15(20)14(19-16(21)18(4,5)6)12-13-10-8-7-9-11-13;2*1-9-11(2)10-12(13(18)15(3,4)5)17-14(19)16(6,7)8;2*1-8(15)9(10(16)12(2,3)4)14-11(17)13(5,6)7;1-10(2,3)8(13)7-12-9(14)11(4,5)6/h2*7-11,14H,12H2,1-6H3,(H,19,21);2*11-12H,9-10H2,1-8H3,(H,17,19);2*8-9,15H,1-7H3,(H,14,17);7H2,1-6H3,(H,12,14)/t2*14-;2*11?,12-;2*8?,9-;/m101010./s1. The van der Waals surface area contributed by atoms with Gasteiger partial charge in [-0.05, 0) is 62.5 Å². The van der Waals surface area contributed by atoms with Gasteiger partial charge >= 0.3 is 0 Å². The highest BCUT2D eigenvalue weighted by atomic mass is 16.3.